The van der Waals surface area contributed by atoms with Gasteiger partial charge in [0.05, 0.1) is 19.6 Å². The van der Waals surface area contributed by atoms with Gasteiger partial charge in [0.15, 0.2) is 0 Å². The van der Waals surface area contributed by atoms with Gasteiger partial charge in [-0.2, -0.15) is 0 Å². The third-order valence-electron chi connectivity index (χ3n) is 5.83. The summed E-state index contributed by atoms with van der Waals surface area (Å²) in [5.74, 6) is -0.301. The van der Waals surface area contributed by atoms with Crippen LogP contribution in [0.1, 0.15) is 51.9 Å². The summed E-state index contributed by atoms with van der Waals surface area (Å²) in [5.41, 5.74) is -0.671. The Morgan fingerprint density at radius 1 is 1.21 bits per heavy atom. The Bertz CT molecular complexity index is 524. The molecule has 134 valence electrons. The first-order valence-electron chi connectivity index (χ1n) is 8.81. The summed E-state index contributed by atoms with van der Waals surface area (Å²) >= 11 is 0. The van der Waals surface area contributed by atoms with Gasteiger partial charge in [0, 0.05) is 18.8 Å². The van der Waals surface area contributed by atoms with E-state index in [1.54, 1.807) is 0 Å². The molecule has 0 saturated heterocycles. The number of ether oxygens (including phenoxy) is 2. The second-order valence-electron chi connectivity index (χ2n) is 7.08. The minimum Gasteiger partial charge on any atom is -0.469 e. The monoisotopic (exact) mass is 336 g/mol. The second-order valence-corrected chi connectivity index (χ2v) is 7.08. The zero-order chi connectivity index (χ0) is 17.7. The number of carbonyl (C=O) groups excluding carboxylic acids is 3. The molecule has 0 bridgehead atoms. The molecule has 0 radical (unpaired) electrons. The van der Waals surface area contributed by atoms with E-state index in [9.17, 15) is 14.4 Å². The fourth-order valence-corrected chi connectivity index (χ4v) is 4.36. The molecule has 4 atom stereocenters. The van der Waals surface area contributed by atoms with Crippen LogP contribution in [-0.4, -0.2) is 31.9 Å². The van der Waals surface area contributed by atoms with Gasteiger partial charge in [-0.15, -0.1) is 0 Å². The molecule has 24 heavy (non-hydrogen) atoms. The molecule has 0 aromatic rings. The molecule has 5 nitrogen and oxygen atoms in total. The van der Waals surface area contributed by atoms with Gasteiger partial charge in [-0.1, -0.05) is 18.6 Å². The lowest BCUT2D eigenvalue weighted by Crippen LogP contribution is -2.50. The van der Waals surface area contributed by atoms with Crippen LogP contribution in [0.4, 0.5) is 0 Å². The fraction of sp³-hybridized carbons (Fsp3) is 0.737. The van der Waals surface area contributed by atoms with E-state index in [0.717, 1.165) is 32.1 Å². The number of methoxy groups -OCH3 is 2. The number of esters is 2. The van der Waals surface area contributed by atoms with E-state index < -0.39 is 5.41 Å². The molecule has 2 rings (SSSR count). The van der Waals surface area contributed by atoms with Crippen LogP contribution in [-0.2, 0) is 23.9 Å². The van der Waals surface area contributed by atoms with E-state index in [1.165, 1.54) is 14.2 Å². The Labute approximate surface area is 143 Å². The molecule has 0 aromatic carbocycles. The van der Waals surface area contributed by atoms with Crippen LogP contribution in [0.2, 0.25) is 0 Å². The third kappa shape index (κ3) is 3.55. The van der Waals surface area contributed by atoms with E-state index in [0.29, 0.717) is 12.8 Å². The number of carbonyl (C=O) groups is 3. The highest BCUT2D eigenvalue weighted by Crippen LogP contribution is 2.51. The summed E-state index contributed by atoms with van der Waals surface area (Å²) in [4.78, 5) is 36.1. The Balaban J connectivity index is 2.12. The average molecular weight is 336 g/mol. The number of Topliss-reactive ketones (excluding diaryl/α,β-unsaturated/α-hetero) is 1. The Morgan fingerprint density at radius 3 is 2.62 bits per heavy atom. The molecular formula is C19H28O5. The number of fused-ring (bicyclic) bond motifs is 1. The Kier molecular flexibility index (Phi) is 6.19. The second kappa shape index (κ2) is 7.95. The van der Waals surface area contributed by atoms with Crippen molar-refractivity contribution in [1.29, 1.82) is 0 Å². The highest BCUT2D eigenvalue weighted by atomic mass is 16.5. The summed E-state index contributed by atoms with van der Waals surface area (Å²) in [7, 11) is 2.81. The van der Waals surface area contributed by atoms with Crippen LogP contribution in [0.5, 0.6) is 0 Å². The predicted molar refractivity (Wildman–Crippen MR) is 89.1 cm³/mol. The molecule has 0 amide bonds. The van der Waals surface area contributed by atoms with Crippen LogP contribution in [0.3, 0.4) is 0 Å². The van der Waals surface area contributed by atoms with Crippen molar-refractivity contribution >= 4 is 17.7 Å². The number of ketones is 1. The Morgan fingerprint density at radius 2 is 1.96 bits per heavy atom. The maximum atomic E-state index is 12.6. The first-order valence-corrected chi connectivity index (χ1v) is 8.81. The predicted octanol–water partition coefficient (Wildman–Crippen LogP) is 3.07. The fourth-order valence-electron chi connectivity index (χ4n) is 4.36. The maximum Gasteiger partial charge on any atom is 0.312 e. The third-order valence-corrected chi connectivity index (χ3v) is 5.83. The number of rotatable bonds is 6. The summed E-state index contributed by atoms with van der Waals surface area (Å²) in [6.45, 7) is 1.95. The average Bonchev–Trinajstić information content (AvgIpc) is 2.59. The first-order chi connectivity index (χ1) is 11.4. The van der Waals surface area contributed by atoms with E-state index in [-0.39, 0.29) is 35.5 Å². The number of hydrogen-bond acceptors (Lipinski definition) is 5. The molecule has 1 fully saturated rings. The van der Waals surface area contributed by atoms with Crippen molar-refractivity contribution in [2.75, 3.05) is 14.2 Å². The highest BCUT2D eigenvalue weighted by molar-refractivity contribution is 5.86. The lowest BCUT2D eigenvalue weighted by Gasteiger charge is -2.47. The van der Waals surface area contributed by atoms with Crippen LogP contribution < -0.4 is 0 Å². The number of unbranched alkanes of at least 4 members (excludes halogenated alkanes) is 1. The number of hydrogen-bond donors (Lipinski definition) is 0. The van der Waals surface area contributed by atoms with Crippen LogP contribution in [0, 0.1) is 23.2 Å². The number of allylic oxidation sites excluding steroid dienone is 2. The van der Waals surface area contributed by atoms with Gasteiger partial charge >= 0.3 is 11.9 Å². The lowest BCUT2D eigenvalue weighted by molar-refractivity contribution is -0.162. The molecule has 0 spiro atoms. The van der Waals surface area contributed by atoms with Crippen LogP contribution in [0.15, 0.2) is 12.2 Å². The van der Waals surface area contributed by atoms with Crippen molar-refractivity contribution in [1.82, 2.24) is 0 Å². The van der Waals surface area contributed by atoms with Gasteiger partial charge in [-0.05, 0) is 44.4 Å². The van der Waals surface area contributed by atoms with E-state index in [1.807, 2.05) is 19.1 Å². The molecule has 2 aliphatic carbocycles. The zero-order valence-corrected chi connectivity index (χ0v) is 14.9. The van der Waals surface area contributed by atoms with Crippen molar-refractivity contribution in [3.63, 3.8) is 0 Å². The van der Waals surface area contributed by atoms with Gasteiger partial charge in [0.1, 0.15) is 5.78 Å². The summed E-state index contributed by atoms with van der Waals surface area (Å²) in [6.07, 6.45) is 9.13. The molecule has 0 aliphatic heterocycles. The van der Waals surface area contributed by atoms with Gasteiger partial charge < -0.3 is 9.47 Å². The highest BCUT2D eigenvalue weighted by Gasteiger charge is 2.53. The topological polar surface area (TPSA) is 69.7 Å². The summed E-state index contributed by atoms with van der Waals surface area (Å²) < 4.78 is 9.77. The van der Waals surface area contributed by atoms with E-state index >= 15 is 0 Å². The van der Waals surface area contributed by atoms with E-state index in [2.05, 4.69) is 4.74 Å². The SMILES string of the molecule is COC(=O)CCCC[C@@H]1C=C[C@@H]2C(=O)CCC[C@H]2[C@]1(C)C(=O)OC. The largest absolute Gasteiger partial charge is 0.469 e. The molecule has 1 saturated carbocycles. The minimum atomic E-state index is -0.671. The molecule has 0 heterocycles. The van der Waals surface area contributed by atoms with Gasteiger partial charge in [0.25, 0.3) is 0 Å². The first kappa shape index (κ1) is 18.7. The molecule has 0 unspecified atom stereocenters. The lowest BCUT2D eigenvalue weighted by atomic mass is 9.55. The maximum absolute atomic E-state index is 12.6. The normalized spacial score (nSPS) is 32.1. The van der Waals surface area contributed by atoms with E-state index in [4.69, 9.17) is 4.74 Å². The summed E-state index contributed by atoms with van der Waals surface area (Å²) in [6, 6.07) is 0. The van der Waals surface area contributed by atoms with Gasteiger partial charge in [0.2, 0.25) is 0 Å². The smallest absolute Gasteiger partial charge is 0.312 e. The van der Waals surface area contributed by atoms with Crippen LogP contribution >= 0.6 is 0 Å². The summed E-state index contributed by atoms with van der Waals surface area (Å²) in [5, 5.41) is 0. The zero-order valence-electron chi connectivity index (χ0n) is 14.9. The van der Waals surface area contributed by atoms with Crippen molar-refractivity contribution in [3.05, 3.63) is 12.2 Å². The minimum absolute atomic E-state index is 0.0156. The van der Waals surface area contributed by atoms with Gasteiger partial charge in [-0.25, -0.2) is 0 Å². The molecule has 0 N–H and O–H groups in total. The van der Waals surface area contributed by atoms with Crippen molar-refractivity contribution in [3.8, 4) is 0 Å². The quantitative estimate of drug-likeness (QED) is 0.423. The molecule has 2 aliphatic rings. The van der Waals surface area contributed by atoms with Crippen molar-refractivity contribution in [2.24, 2.45) is 23.2 Å². The van der Waals surface area contributed by atoms with Crippen molar-refractivity contribution in [2.45, 2.75) is 51.9 Å². The molecule has 0 aromatic heterocycles. The molecular weight excluding hydrogens is 308 g/mol. The standard InChI is InChI=1S/C19H28O5/c1-19(18(22)24-3)13(7-4-5-10-17(21)23-2)11-12-14-15(19)8-6-9-16(14)20/h11-15H,4-10H2,1-3H3/t13-,14+,15-,19-/m1/s1. The van der Waals surface area contributed by atoms with Gasteiger partial charge in [-0.3, -0.25) is 14.4 Å². The van der Waals surface area contributed by atoms with Crippen molar-refractivity contribution < 1.29 is 23.9 Å². The van der Waals surface area contributed by atoms with Crippen LogP contribution in [0.25, 0.3) is 0 Å². The Hall–Kier alpha value is -1.65. The molecule has 5 heteroatoms.